The Hall–Kier alpha value is -8.19. The first-order valence-corrected chi connectivity index (χ1v) is 24.8. The highest BCUT2D eigenvalue weighted by Crippen LogP contribution is 2.44. The Kier molecular flexibility index (Phi) is 13.1. The van der Waals surface area contributed by atoms with Gasteiger partial charge in [-0.2, -0.15) is 55.9 Å². The fourth-order valence-electron chi connectivity index (χ4n) is 7.05. The summed E-state index contributed by atoms with van der Waals surface area (Å²) in [5.41, 5.74) is 5.07. The van der Waals surface area contributed by atoms with Gasteiger partial charge < -0.3 is 15.5 Å². The second-order valence-electron chi connectivity index (χ2n) is 15.6. The number of phenols is 2. The highest BCUT2D eigenvalue weighted by Gasteiger charge is 2.23. The van der Waals surface area contributed by atoms with Crippen LogP contribution in [0.1, 0.15) is 16.7 Å². The van der Waals surface area contributed by atoms with Crippen LogP contribution < -0.4 is 5.32 Å². The SMILES string of the molecule is Cc1cc(N=Nc2cc(O)c(N=Nc3c(S(=O)(=O)O)cc4cc(Nc5ccccc5)ccc4c3O)cc2C)ccc1N=Nc1ccc(N=Nc2ccc3cc(S(=O)(=O)O)cc(S(=O)(=O)O)c3c2)c(C)c1. The van der Waals surface area contributed by atoms with Gasteiger partial charge in [0, 0.05) is 28.2 Å². The minimum atomic E-state index is -4.90. The van der Waals surface area contributed by atoms with Gasteiger partial charge in [-0.05, 0) is 151 Å². The number of hydrogen-bond donors (Lipinski definition) is 6. The van der Waals surface area contributed by atoms with Crippen LogP contribution in [0.4, 0.5) is 56.9 Å². The summed E-state index contributed by atoms with van der Waals surface area (Å²) >= 11 is 0. The summed E-state index contributed by atoms with van der Waals surface area (Å²) in [4.78, 5) is -2.12. The molecule has 20 nitrogen and oxygen atoms in total. The molecule has 0 spiro atoms. The number of phenolic OH excluding ortho intramolecular Hbond substituents is 2. The molecule has 0 aliphatic heterocycles. The van der Waals surface area contributed by atoms with Crippen LogP contribution in [-0.2, 0) is 30.4 Å². The Labute approximate surface area is 399 Å². The first kappa shape index (κ1) is 48.3. The molecular formula is C47H37N9O11S3. The maximum atomic E-state index is 12.5. The van der Waals surface area contributed by atoms with E-state index in [1.54, 1.807) is 75.4 Å². The molecule has 8 aromatic rings. The van der Waals surface area contributed by atoms with E-state index in [0.717, 1.165) is 11.8 Å². The first-order valence-electron chi connectivity index (χ1n) is 20.4. The maximum Gasteiger partial charge on any atom is 0.296 e. The van der Waals surface area contributed by atoms with Crippen LogP contribution in [0, 0.1) is 20.8 Å². The van der Waals surface area contributed by atoms with E-state index < -0.39 is 56.5 Å². The fourth-order valence-corrected chi connectivity index (χ4v) is 9.05. The number of azo groups is 4. The van der Waals surface area contributed by atoms with E-state index in [1.165, 1.54) is 36.4 Å². The predicted octanol–water partition coefficient (Wildman–Crippen LogP) is 13.5. The van der Waals surface area contributed by atoms with Crippen molar-refractivity contribution >= 4 is 109 Å². The number of nitrogens with one attached hydrogen (secondary N) is 1. The molecule has 0 saturated heterocycles. The van der Waals surface area contributed by atoms with Crippen molar-refractivity contribution in [3.8, 4) is 11.5 Å². The van der Waals surface area contributed by atoms with E-state index >= 15 is 0 Å². The zero-order valence-corrected chi connectivity index (χ0v) is 39.1. The van der Waals surface area contributed by atoms with E-state index in [-0.39, 0.29) is 39.0 Å². The van der Waals surface area contributed by atoms with Gasteiger partial charge in [0.1, 0.15) is 26.9 Å². The Balaban J connectivity index is 0.949. The number of aromatic hydroxyl groups is 2. The van der Waals surface area contributed by atoms with Crippen molar-refractivity contribution in [2.24, 2.45) is 40.9 Å². The number of aryl methyl sites for hydroxylation is 3. The Morgan fingerprint density at radius 3 is 1.56 bits per heavy atom. The van der Waals surface area contributed by atoms with Crippen LogP contribution in [0.5, 0.6) is 11.5 Å². The summed E-state index contributed by atoms with van der Waals surface area (Å²) in [6, 6.07) is 34.0. The Bertz CT molecular complexity index is 3910. The highest BCUT2D eigenvalue weighted by atomic mass is 32.2. The molecule has 0 aromatic heterocycles. The summed E-state index contributed by atoms with van der Waals surface area (Å²) in [5, 5.41) is 59.5. The molecule has 0 aliphatic carbocycles. The third-order valence-corrected chi connectivity index (χ3v) is 13.2. The van der Waals surface area contributed by atoms with Gasteiger partial charge in [0.15, 0.2) is 5.75 Å². The normalized spacial score (nSPS) is 12.7. The van der Waals surface area contributed by atoms with Gasteiger partial charge in [-0.3, -0.25) is 13.7 Å². The van der Waals surface area contributed by atoms with E-state index in [0.29, 0.717) is 56.6 Å². The monoisotopic (exact) mass is 999 g/mol. The lowest BCUT2D eigenvalue weighted by Gasteiger charge is -2.11. The van der Waals surface area contributed by atoms with Crippen LogP contribution in [0.25, 0.3) is 21.5 Å². The van der Waals surface area contributed by atoms with Crippen molar-refractivity contribution in [1.29, 1.82) is 0 Å². The van der Waals surface area contributed by atoms with Crippen LogP contribution in [0.2, 0.25) is 0 Å². The zero-order chi connectivity index (χ0) is 50.1. The Morgan fingerprint density at radius 1 is 0.414 bits per heavy atom. The number of benzene rings is 8. The quantitative estimate of drug-likeness (QED) is 0.0464. The summed E-state index contributed by atoms with van der Waals surface area (Å²) in [6.07, 6.45) is 0. The van der Waals surface area contributed by atoms with Crippen molar-refractivity contribution in [2.75, 3.05) is 5.32 Å². The second kappa shape index (κ2) is 19.1. The largest absolute Gasteiger partial charge is 0.506 e. The van der Waals surface area contributed by atoms with Gasteiger partial charge in [0.05, 0.1) is 39.0 Å². The predicted molar refractivity (Wildman–Crippen MR) is 261 cm³/mol. The number of para-hydroxylation sites is 1. The summed E-state index contributed by atoms with van der Waals surface area (Å²) in [5.74, 6) is -0.931. The van der Waals surface area contributed by atoms with Gasteiger partial charge in [-0.25, -0.2) is 0 Å². The number of anilines is 2. The lowest BCUT2D eigenvalue weighted by Crippen LogP contribution is -2.04. The summed E-state index contributed by atoms with van der Waals surface area (Å²) in [7, 11) is -14.6. The van der Waals surface area contributed by atoms with E-state index in [2.05, 4.69) is 46.2 Å². The van der Waals surface area contributed by atoms with Crippen molar-refractivity contribution in [1.82, 2.24) is 0 Å². The molecule has 0 fully saturated rings. The molecule has 0 heterocycles. The summed E-state index contributed by atoms with van der Waals surface area (Å²) in [6.45, 7) is 5.25. The lowest BCUT2D eigenvalue weighted by molar-refractivity contribution is 0.471. The number of hydrogen-bond acceptors (Lipinski definition) is 17. The molecule has 70 heavy (non-hydrogen) atoms. The third-order valence-electron chi connectivity index (χ3n) is 10.6. The van der Waals surface area contributed by atoms with Crippen LogP contribution in [0.3, 0.4) is 0 Å². The Morgan fingerprint density at radius 2 is 0.971 bits per heavy atom. The molecule has 8 rings (SSSR count). The minimum absolute atomic E-state index is 0.0376. The topological polar surface area (TPSA) is 314 Å². The molecule has 6 N–H and O–H groups in total. The molecule has 354 valence electrons. The molecule has 0 saturated carbocycles. The van der Waals surface area contributed by atoms with Crippen molar-refractivity contribution in [2.45, 2.75) is 35.5 Å². The second-order valence-corrected chi connectivity index (χ2v) is 19.8. The van der Waals surface area contributed by atoms with Crippen molar-refractivity contribution in [3.05, 3.63) is 150 Å². The highest BCUT2D eigenvalue weighted by molar-refractivity contribution is 7.87. The van der Waals surface area contributed by atoms with Crippen LogP contribution in [-0.4, -0.2) is 49.1 Å². The van der Waals surface area contributed by atoms with E-state index in [4.69, 9.17) is 0 Å². The third kappa shape index (κ3) is 10.9. The van der Waals surface area contributed by atoms with Gasteiger partial charge >= 0.3 is 0 Å². The van der Waals surface area contributed by atoms with Crippen LogP contribution in [0.15, 0.2) is 189 Å². The summed E-state index contributed by atoms with van der Waals surface area (Å²) < 4.78 is 102. The van der Waals surface area contributed by atoms with Gasteiger partial charge in [-0.1, -0.05) is 24.3 Å². The molecule has 0 amide bonds. The number of nitrogens with zero attached hydrogens (tertiary/aromatic N) is 8. The molecule has 0 radical (unpaired) electrons. The maximum absolute atomic E-state index is 12.5. The number of rotatable bonds is 13. The number of fused-ring (bicyclic) bond motifs is 2. The lowest BCUT2D eigenvalue weighted by atomic mass is 10.1. The molecular weight excluding hydrogens is 963 g/mol. The van der Waals surface area contributed by atoms with Gasteiger partial charge in [0.2, 0.25) is 0 Å². The van der Waals surface area contributed by atoms with Crippen molar-refractivity contribution < 1.29 is 49.1 Å². The molecule has 0 bridgehead atoms. The zero-order valence-electron chi connectivity index (χ0n) is 36.7. The first-order chi connectivity index (χ1) is 33.1. The molecule has 0 unspecified atom stereocenters. The average molecular weight is 1000 g/mol. The van der Waals surface area contributed by atoms with E-state index in [9.17, 15) is 49.1 Å². The van der Waals surface area contributed by atoms with Gasteiger partial charge in [0.25, 0.3) is 30.4 Å². The molecule has 23 heteroatoms. The molecule has 0 atom stereocenters. The van der Waals surface area contributed by atoms with E-state index in [1.807, 2.05) is 30.3 Å². The van der Waals surface area contributed by atoms with Crippen LogP contribution >= 0.6 is 0 Å². The standard InChI is InChI=1S/C47H37N9O11S3/c1-26-17-33(12-15-40(26)53-51-35-10-9-29-21-36(68(59,60)61)24-44(38(29)23-35)69(62,63)64)49-52-39-16-13-34(18-27(39)2)50-54-41-25-43(57)42(19-28(41)3)55-56-46-45(70(65,66)67)22-30-20-32(11-14-37(30)47(46)58)48-31-7-5-4-6-8-31/h4-25,48,57-58H,1-3H3,(H,59,60,61)(H,62,63,64)(H,65,66,67). The minimum Gasteiger partial charge on any atom is -0.506 e. The smallest absolute Gasteiger partial charge is 0.296 e. The molecule has 8 aromatic carbocycles. The van der Waals surface area contributed by atoms with Gasteiger partial charge in [-0.15, -0.1) is 10.2 Å². The van der Waals surface area contributed by atoms with Crippen molar-refractivity contribution in [3.63, 3.8) is 0 Å². The average Bonchev–Trinajstić information content (AvgIpc) is 3.30. The fraction of sp³-hybridized carbons (Fsp3) is 0.0638. The molecule has 0 aliphatic rings.